The Balaban J connectivity index is 1.59. The van der Waals surface area contributed by atoms with Crippen molar-refractivity contribution in [3.8, 4) is 11.5 Å². The first kappa shape index (κ1) is 19.5. The fourth-order valence-corrected chi connectivity index (χ4v) is 5.24. The fourth-order valence-electron chi connectivity index (χ4n) is 3.58. The fraction of sp³-hybridized carbons (Fsp3) is 0.400. The Bertz CT molecular complexity index is 975. The Hall–Kier alpha value is -2.81. The molecule has 0 saturated carbocycles. The van der Waals surface area contributed by atoms with Crippen molar-refractivity contribution in [3.63, 3.8) is 0 Å². The van der Waals surface area contributed by atoms with Crippen LogP contribution in [0, 0.1) is 0 Å². The van der Waals surface area contributed by atoms with E-state index in [9.17, 15) is 13.2 Å². The van der Waals surface area contributed by atoms with E-state index in [-0.39, 0.29) is 24.3 Å². The number of ether oxygens (including phenoxy) is 2. The Kier molecular flexibility index (Phi) is 5.57. The van der Waals surface area contributed by atoms with Crippen LogP contribution in [0.25, 0.3) is 0 Å². The topological polar surface area (TPSA) is 97.8 Å². The summed E-state index contributed by atoms with van der Waals surface area (Å²) in [6, 6.07) is 7.70. The molecule has 1 saturated heterocycles. The number of hydrogen-bond acceptors (Lipinski definition) is 6. The number of carbonyl (C=O) groups excluding carboxylic acids is 1. The number of sulfone groups is 1. The molecule has 3 heterocycles. The van der Waals surface area contributed by atoms with Crippen molar-refractivity contribution in [3.05, 3.63) is 48.3 Å². The molecular weight excluding hydrogens is 394 g/mol. The lowest BCUT2D eigenvalue weighted by Gasteiger charge is -2.28. The number of carbonyl (C=O) groups is 1. The quantitative estimate of drug-likeness (QED) is 0.803. The average molecular weight is 417 g/mol. The molecule has 9 heteroatoms. The number of rotatable bonds is 5. The second kappa shape index (κ2) is 8.28. The zero-order valence-electron chi connectivity index (χ0n) is 15.9. The summed E-state index contributed by atoms with van der Waals surface area (Å²) in [6.45, 7) is 1.41. The highest BCUT2D eigenvalue weighted by Crippen LogP contribution is 2.37. The summed E-state index contributed by atoms with van der Waals surface area (Å²) in [5, 5.41) is 1.84. The monoisotopic (exact) mass is 417 g/mol. The van der Waals surface area contributed by atoms with Crippen molar-refractivity contribution in [1.82, 2.24) is 15.2 Å². The van der Waals surface area contributed by atoms with Gasteiger partial charge in [0.25, 0.3) is 0 Å². The van der Waals surface area contributed by atoms with Gasteiger partial charge in [-0.1, -0.05) is 6.07 Å². The number of likely N-dealkylation sites (tertiary alicyclic amines) is 1. The number of hydrogen-bond donors (Lipinski definition) is 1. The lowest BCUT2D eigenvalue weighted by Crippen LogP contribution is -2.44. The zero-order chi connectivity index (χ0) is 20.3. The van der Waals surface area contributed by atoms with E-state index < -0.39 is 15.1 Å². The molecule has 1 atom stereocenters. The Morgan fingerprint density at radius 3 is 2.69 bits per heavy atom. The van der Waals surface area contributed by atoms with Gasteiger partial charge in [-0.05, 0) is 43.0 Å². The Labute approximate surface area is 169 Å². The maximum atomic E-state index is 13.4. The minimum Gasteiger partial charge on any atom is -0.454 e. The van der Waals surface area contributed by atoms with E-state index in [1.807, 2.05) is 0 Å². The van der Waals surface area contributed by atoms with Crippen LogP contribution in [0.5, 0.6) is 11.5 Å². The van der Waals surface area contributed by atoms with Crippen LogP contribution in [0.15, 0.2) is 47.6 Å². The summed E-state index contributed by atoms with van der Waals surface area (Å²) >= 11 is 0. The van der Waals surface area contributed by atoms with Gasteiger partial charge in [0.05, 0.1) is 4.90 Å². The largest absolute Gasteiger partial charge is 0.454 e. The zero-order valence-corrected chi connectivity index (χ0v) is 16.7. The summed E-state index contributed by atoms with van der Waals surface area (Å²) in [6.07, 6.45) is 6.15. The third-order valence-corrected chi connectivity index (χ3v) is 7.28. The standard InChI is InChI=1S/C20H23N3O5S/c24-20(23-9-2-1-3-10-23)22-13-19(15-5-4-8-21-12-15)29(25,26)16-6-7-17-18(11-16)28-14-27-17/h4-8,11-12,19H,1-3,9-10,13-14H2,(H,22,24)/t19-/m0/s1. The molecule has 1 fully saturated rings. The molecule has 1 N–H and O–H groups in total. The van der Waals surface area contributed by atoms with E-state index in [1.165, 1.54) is 18.3 Å². The van der Waals surface area contributed by atoms with E-state index in [0.717, 1.165) is 19.3 Å². The highest BCUT2D eigenvalue weighted by Gasteiger charge is 2.32. The predicted molar refractivity (Wildman–Crippen MR) is 106 cm³/mol. The van der Waals surface area contributed by atoms with Crippen LogP contribution in [0.2, 0.25) is 0 Å². The summed E-state index contributed by atoms with van der Waals surface area (Å²) < 4.78 is 37.5. The lowest BCUT2D eigenvalue weighted by atomic mass is 10.1. The van der Waals surface area contributed by atoms with Gasteiger partial charge in [0.15, 0.2) is 21.3 Å². The first-order valence-corrected chi connectivity index (χ1v) is 11.2. The van der Waals surface area contributed by atoms with Crippen molar-refractivity contribution in [2.75, 3.05) is 26.4 Å². The van der Waals surface area contributed by atoms with Crippen LogP contribution in [-0.4, -0.2) is 50.8 Å². The molecule has 4 rings (SSSR count). The van der Waals surface area contributed by atoms with Crippen LogP contribution < -0.4 is 14.8 Å². The lowest BCUT2D eigenvalue weighted by molar-refractivity contribution is 0.174. The summed E-state index contributed by atoms with van der Waals surface area (Å²) in [5.41, 5.74) is 0.518. The number of urea groups is 1. The number of nitrogens with one attached hydrogen (secondary N) is 1. The van der Waals surface area contributed by atoms with Gasteiger partial charge < -0.3 is 19.7 Å². The highest BCUT2D eigenvalue weighted by molar-refractivity contribution is 7.91. The maximum Gasteiger partial charge on any atom is 0.317 e. The van der Waals surface area contributed by atoms with Crippen molar-refractivity contribution in [2.45, 2.75) is 29.4 Å². The van der Waals surface area contributed by atoms with E-state index in [4.69, 9.17) is 9.47 Å². The molecule has 2 amide bonds. The highest BCUT2D eigenvalue weighted by atomic mass is 32.2. The van der Waals surface area contributed by atoms with Gasteiger partial charge in [-0.2, -0.15) is 0 Å². The average Bonchev–Trinajstić information content (AvgIpc) is 3.23. The maximum absolute atomic E-state index is 13.4. The van der Waals surface area contributed by atoms with Crippen molar-refractivity contribution >= 4 is 15.9 Å². The number of aromatic nitrogens is 1. The second-order valence-electron chi connectivity index (χ2n) is 7.07. The second-order valence-corrected chi connectivity index (χ2v) is 9.20. The van der Waals surface area contributed by atoms with Gasteiger partial charge in [-0.3, -0.25) is 4.98 Å². The SMILES string of the molecule is O=C(NC[C@@H](c1cccnc1)S(=O)(=O)c1ccc2c(c1)OCO2)N1CCCCC1. The van der Waals surface area contributed by atoms with Crippen LogP contribution in [0.4, 0.5) is 4.79 Å². The van der Waals surface area contributed by atoms with Crippen LogP contribution >= 0.6 is 0 Å². The van der Waals surface area contributed by atoms with Crippen molar-refractivity contribution in [1.29, 1.82) is 0 Å². The third-order valence-electron chi connectivity index (χ3n) is 5.19. The molecule has 1 aromatic heterocycles. The summed E-state index contributed by atoms with van der Waals surface area (Å²) in [4.78, 5) is 18.4. The first-order valence-electron chi connectivity index (χ1n) is 9.62. The van der Waals surface area contributed by atoms with Gasteiger partial charge in [0.2, 0.25) is 6.79 Å². The van der Waals surface area contributed by atoms with E-state index in [1.54, 1.807) is 29.3 Å². The molecule has 0 spiro atoms. The van der Waals surface area contributed by atoms with E-state index in [0.29, 0.717) is 30.2 Å². The molecular formula is C20H23N3O5S. The summed E-state index contributed by atoms with van der Waals surface area (Å²) in [5.74, 6) is 0.911. The Morgan fingerprint density at radius 1 is 1.14 bits per heavy atom. The normalized spacial score (nSPS) is 17.0. The van der Waals surface area contributed by atoms with Crippen molar-refractivity contribution < 1.29 is 22.7 Å². The molecule has 0 bridgehead atoms. The smallest absolute Gasteiger partial charge is 0.317 e. The molecule has 0 unspecified atom stereocenters. The number of piperidine rings is 1. The van der Waals surface area contributed by atoms with Crippen LogP contribution in [0.1, 0.15) is 30.1 Å². The van der Waals surface area contributed by atoms with Gasteiger partial charge in [-0.25, -0.2) is 13.2 Å². The van der Waals surface area contributed by atoms with Crippen LogP contribution in [-0.2, 0) is 9.84 Å². The number of fused-ring (bicyclic) bond motifs is 1. The van der Waals surface area contributed by atoms with Gasteiger partial charge in [-0.15, -0.1) is 0 Å². The van der Waals surface area contributed by atoms with E-state index in [2.05, 4.69) is 10.3 Å². The predicted octanol–water partition coefficient (Wildman–Crippen LogP) is 2.52. The molecule has 2 aromatic rings. The third kappa shape index (κ3) is 4.14. The molecule has 8 nitrogen and oxygen atoms in total. The van der Waals surface area contributed by atoms with Gasteiger partial charge in [0.1, 0.15) is 5.25 Å². The van der Waals surface area contributed by atoms with Crippen LogP contribution in [0.3, 0.4) is 0 Å². The van der Waals surface area contributed by atoms with Gasteiger partial charge >= 0.3 is 6.03 Å². The van der Waals surface area contributed by atoms with Gasteiger partial charge in [0, 0.05) is 38.1 Å². The van der Waals surface area contributed by atoms with Crippen molar-refractivity contribution in [2.24, 2.45) is 0 Å². The molecule has 2 aliphatic rings. The molecule has 1 aromatic carbocycles. The molecule has 0 radical (unpaired) electrons. The molecule has 154 valence electrons. The number of nitrogens with zero attached hydrogens (tertiary/aromatic N) is 2. The minimum absolute atomic E-state index is 0.0438. The molecule has 29 heavy (non-hydrogen) atoms. The first-order chi connectivity index (χ1) is 14.1. The minimum atomic E-state index is -3.81. The number of benzene rings is 1. The summed E-state index contributed by atoms with van der Waals surface area (Å²) in [7, 11) is -3.81. The molecule has 2 aliphatic heterocycles. The number of amides is 2. The van der Waals surface area contributed by atoms with E-state index >= 15 is 0 Å². The molecule has 0 aliphatic carbocycles. The Morgan fingerprint density at radius 2 is 1.93 bits per heavy atom. The number of pyridine rings is 1.